The van der Waals surface area contributed by atoms with E-state index in [-0.39, 0.29) is 25.6 Å². The van der Waals surface area contributed by atoms with Gasteiger partial charge in [-0.1, -0.05) is 24.9 Å². The molecule has 1 aliphatic heterocycles. The molecule has 0 spiro atoms. The summed E-state index contributed by atoms with van der Waals surface area (Å²) in [5.41, 5.74) is -0.832. The number of H-pyrrole nitrogens is 1. The lowest BCUT2D eigenvalue weighted by atomic mass is 10.3. The maximum absolute atomic E-state index is 13.6. The maximum Gasteiger partial charge on any atom is 0.459 e. The number of esters is 1. The number of ether oxygens (including phenoxy) is 3. The van der Waals surface area contributed by atoms with Gasteiger partial charge in [0.15, 0.2) is 12.5 Å². The molecule has 0 aliphatic carbocycles. The largest absolute Gasteiger partial charge is 0.465 e. The van der Waals surface area contributed by atoms with Gasteiger partial charge in [0.25, 0.3) is 5.56 Å². The minimum Gasteiger partial charge on any atom is -0.465 e. The zero-order chi connectivity index (χ0) is 26.3. The quantitative estimate of drug-likeness (QED) is 0.232. The fraction of sp³-hybridized carbons (Fsp3) is 0.500. The van der Waals surface area contributed by atoms with Gasteiger partial charge in [0.2, 0.25) is 0 Å². The number of nitrogens with zero attached hydrogens (tertiary/aromatic N) is 1. The van der Waals surface area contributed by atoms with Crippen molar-refractivity contribution in [2.45, 2.75) is 52.2 Å². The average molecular weight is 546 g/mol. The first kappa shape index (κ1) is 28.1. The van der Waals surface area contributed by atoms with E-state index in [1.54, 1.807) is 19.1 Å². The molecule has 1 aromatic carbocycles. The minimum atomic E-state index is -4.14. The van der Waals surface area contributed by atoms with Crippen molar-refractivity contribution >= 4 is 25.3 Å². The van der Waals surface area contributed by atoms with Gasteiger partial charge in [-0.3, -0.25) is 23.7 Å². The van der Waals surface area contributed by atoms with Crippen LogP contribution in [0.2, 0.25) is 5.02 Å². The molecule has 0 radical (unpaired) electrons. The second kappa shape index (κ2) is 12.7. The standard InChI is InChI=1S/C22H29ClN3O9P/c1-4-5-10-31-21(28)15(3)25-36(30,35-17-8-6-16(23)7-9-17)33-13-19-32-12-18(34-19)26-11-14(2)20(27)24-22(26)29/h6-9,11,15,18-19H,4-5,10,12-13H2,1-3H3,(H,25,30)(H,24,27,29)/t15-,18+,19+,36?/m0/s1. The SMILES string of the molecule is CCCCOC(=O)[C@H](C)NP(=O)(OC[C@@H]1OC[C@H](n2cc(C)c(=O)[nH]c2=O)O1)Oc1ccc(Cl)cc1. The normalized spacial score (nSPS) is 20.0. The van der Waals surface area contributed by atoms with Crippen molar-refractivity contribution in [3.63, 3.8) is 0 Å². The van der Waals surface area contributed by atoms with Gasteiger partial charge < -0.3 is 18.7 Å². The minimum absolute atomic E-state index is 0.0185. The van der Waals surface area contributed by atoms with E-state index in [1.165, 1.54) is 29.8 Å². The summed E-state index contributed by atoms with van der Waals surface area (Å²) in [7, 11) is -4.14. The number of aryl methyl sites for hydroxylation is 1. The molecule has 2 aromatic rings. The number of carbonyl (C=O) groups excluding carboxylic acids is 1. The molecule has 0 bridgehead atoms. The van der Waals surface area contributed by atoms with Crippen LogP contribution in [0, 0.1) is 6.92 Å². The third-order valence-electron chi connectivity index (χ3n) is 5.06. The molecule has 0 saturated carbocycles. The molecule has 12 nitrogen and oxygen atoms in total. The van der Waals surface area contributed by atoms with Crippen LogP contribution >= 0.6 is 19.3 Å². The van der Waals surface area contributed by atoms with Gasteiger partial charge in [-0.15, -0.1) is 0 Å². The zero-order valence-corrected chi connectivity index (χ0v) is 21.8. The lowest BCUT2D eigenvalue weighted by molar-refractivity contribution is -0.145. The summed E-state index contributed by atoms with van der Waals surface area (Å²) >= 11 is 5.90. The summed E-state index contributed by atoms with van der Waals surface area (Å²) < 4.78 is 42.2. The van der Waals surface area contributed by atoms with E-state index in [1.807, 2.05) is 6.92 Å². The van der Waals surface area contributed by atoms with E-state index in [2.05, 4.69) is 10.1 Å². The van der Waals surface area contributed by atoms with Gasteiger partial charge in [-0.05, 0) is 44.5 Å². The van der Waals surface area contributed by atoms with Crippen LogP contribution in [0.4, 0.5) is 0 Å². The maximum atomic E-state index is 13.6. The number of hydrogen-bond donors (Lipinski definition) is 2. The summed E-state index contributed by atoms with van der Waals surface area (Å²) in [5, 5.41) is 3.02. The summed E-state index contributed by atoms with van der Waals surface area (Å²) in [5.74, 6) is -0.434. The second-order valence-corrected chi connectivity index (χ2v) is 10.2. The molecule has 2 N–H and O–H groups in total. The van der Waals surface area contributed by atoms with E-state index >= 15 is 0 Å². The predicted octanol–water partition coefficient (Wildman–Crippen LogP) is 2.90. The second-order valence-electron chi connectivity index (χ2n) is 8.04. The van der Waals surface area contributed by atoms with Gasteiger partial charge in [0, 0.05) is 16.8 Å². The average Bonchev–Trinajstić information content (AvgIpc) is 3.30. The molecule has 198 valence electrons. The highest BCUT2D eigenvalue weighted by molar-refractivity contribution is 7.52. The van der Waals surface area contributed by atoms with Crippen LogP contribution in [-0.4, -0.2) is 47.7 Å². The molecule has 1 aliphatic rings. The van der Waals surface area contributed by atoms with Crippen molar-refractivity contribution in [2.75, 3.05) is 19.8 Å². The van der Waals surface area contributed by atoms with Gasteiger partial charge in [-0.25, -0.2) is 9.36 Å². The molecule has 1 saturated heterocycles. The van der Waals surface area contributed by atoms with Gasteiger partial charge in [-0.2, -0.15) is 5.09 Å². The lowest BCUT2D eigenvalue weighted by Crippen LogP contribution is -2.36. The van der Waals surface area contributed by atoms with Gasteiger partial charge in [0.05, 0.1) is 13.2 Å². The van der Waals surface area contributed by atoms with Crippen LogP contribution in [-0.2, 0) is 28.1 Å². The van der Waals surface area contributed by atoms with Crippen LogP contribution in [0.15, 0.2) is 40.1 Å². The number of unbranched alkanes of at least 4 members (excludes halogenated alkanes) is 1. The molecule has 14 heteroatoms. The summed E-state index contributed by atoms with van der Waals surface area (Å²) in [6, 6.07) is 5.06. The Labute approximate surface area is 212 Å². The Balaban J connectivity index is 1.68. The van der Waals surface area contributed by atoms with Crippen LogP contribution in [0.25, 0.3) is 0 Å². The third kappa shape index (κ3) is 7.76. The van der Waals surface area contributed by atoms with E-state index < -0.39 is 43.5 Å². The molecular weight excluding hydrogens is 517 g/mol. The number of aromatic nitrogens is 2. The number of nitrogens with one attached hydrogen (secondary N) is 2. The molecule has 4 atom stereocenters. The number of aromatic amines is 1. The Kier molecular flexibility index (Phi) is 9.89. The predicted molar refractivity (Wildman–Crippen MR) is 130 cm³/mol. The van der Waals surface area contributed by atoms with Gasteiger partial charge in [0.1, 0.15) is 18.4 Å². The Morgan fingerprint density at radius 2 is 2.06 bits per heavy atom. The molecule has 36 heavy (non-hydrogen) atoms. The third-order valence-corrected chi connectivity index (χ3v) is 6.95. The summed E-state index contributed by atoms with van der Waals surface area (Å²) in [6.45, 7) is 4.84. The zero-order valence-electron chi connectivity index (χ0n) is 20.1. The van der Waals surface area contributed by atoms with Crippen molar-refractivity contribution in [1.82, 2.24) is 14.6 Å². The van der Waals surface area contributed by atoms with E-state index in [0.717, 1.165) is 6.42 Å². The highest BCUT2D eigenvalue weighted by Crippen LogP contribution is 2.45. The molecular formula is C22H29ClN3O9P. The van der Waals surface area contributed by atoms with Crippen molar-refractivity contribution in [2.24, 2.45) is 0 Å². The summed E-state index contributed by atoms with van der Waals surface area (Å²) in [4.78, 5) is 38.2. The molecule has 2 heterocycles. The van der Waals surface area contributed by atoms with Crippen molar-refractivity contribution in [3.05, 3.63) is 61.9 Å². The fourth-order valence-corrected chi connectivity index (χ4v) is 4.69. The number of hydrogen-bond acceptors (Lipinski definition) is 9. The Hall–Kier alpha value is -2.47. The summed E-state index contributed by atoms with van der Waals surface area (Å²) in [6.07, 6.45) is 1.07. The fourth-order valence-electron chi connectivity index (χ4n) is 3.09. The van der Waals surface area contributed by atoms with E-state index in [9.17, 15) is 18.9 Å². The number of carbonyl (C=O) groups is 1. The van der Waals surface area contributed by atoms with Crippen molar-refractivity contribution < 1.29 is 32.6 Å². The van der Waals surface area contributed by atoms with Crippen molar-refractivity contribution in [1.29, 1.82) is 0 Å². The van der Waals surface area contributed by atoms with E-state index in [0.29, 0.717) is 17.0 Å². The van der Waals surface area contributed by atoms with Crippen LogP contribution < -0.4 is 20.9 Å². The highest BCUT2D eigenvalue weighted by atomic mass is 35.5. The first-order chi connectivity index (χ1) is 17.1. The topological polar surface area (TPSA) is 147 Å². The highest BCUT2D eigenvalue weighted by Gasteiger charge is 2.36. The van der Waals surface area contributed by atoms with Crippen LogP contribution in [0.1, 0.15) is 38.5 Å². The van der Waals surface area contributed by atoms with E-state index in [4.69, 9.17) is 34.9 Å². The van der Waals surface area contributed by atoms with Crippen LogP contribution in [0.5, 0.6) is 5.75 Å². The lowest BCUT2D eigenvalue weighted by Gasteiger charge is -2.24. The molecule has 3 rings (SSSR count). The van der Waals surface area contributed by atoms with Crippen molar-refractivity contribution in [3.8, 4) is 5.75 Å². The monoisotopic (exact) mass is 545 g/mol. The molecule has 1 fully saturated rings. The van der Waals surface area contributed by atoms with Gasteiger partial charge >= 0.3 is 19.4 Å². The Morgan fingerprint density at radius 1 is 1.33 bits per heavy atom. The first-order valence-electron chi connectivity index (χ1n) is 11.3. The molecule has 1 unspecified atom stereocenters. The molecule has 1 aromatic heterocycles. The number of rotatable bonds is 12. The Bertz CT molecular complexity index is 1200. The Morgan fingerprint density at radius 3 is 2.75 bits per heavy atom. The number of benzene rings is 1. The van der Waals surface area contributed by atoms with Crippen LogP contribution in [0.3, 0.4) is 0 Å². The molecule has 0 amide bonds. The smallest absolute Gasteiger partial charge is 0.459 e. The first-order valence-corrected chi connectivity index (χ1v) is 13.3. The number of halogens is 1.